The van der Waals surface area contributed by atoms with Crippen molar-refractivity contribution in [3.8, 4) is 0 Å². The zero-order valence-electron chi connectivity index (χ0n) is 14.9. The summed E-state index contributed by atoms with van der Waals surface area (Å²) >= 11 is 14.0. The maximum atomic E-state index is 12.8. The first-order chi connectivity index (χ1) is 14.6. The Balaban J connectivity index is 1.80. The van der Waals surface area contributed by atoms with Gasteiger partial charge in [0.05, 0.1) is 5.03 Å². The summed E-state index contributed by atoms with van der Waals surface area (Å²) in [6.45, 7) is -0.845. The standard InChI is InChI=1S/C14H11Cl2N5O8S2/c15-3-2-30-12-7(10(25)21(12)11(3)29-14(26)27)18-9(24)6(20-28-1-4(22)23)5-8(16)31-13(17)19-5/h7,12H,1-2H2,(H2,17,19)(H,18,24)(H,22,23)(H,26,27)/t7?,12-/m0/s1. The number of halogens is 2. The molecule has 1 saturated heterocycles. The van der Waals surface area contributed by atoms with Crippen LogP contribution in [0.15, 0.2) is 16.1 Å². The molecule has 166 valence electrons. The number of thiazole rings is 1. The number of carbonyl (C=O) groups excluding carboxylic acids is 2. The predicted octanol–water partition coefficient (Wildman–Crippen LogP) is 0.686. The molecular weight excluding hydrogens is 501 g/mol. The van der Waals surface area contributed by atoms with Gasteiger partial charge in [-0.2, -0.15) is 0 Å². The average Bonchev–Trinajstić information content (AvgIpc) is 3.01. The minimum atomic E-state index is -1.65. The van der Waals surface area contributed by atoms with Crippen molar-refractivity contribution in [1.29, 1.82) is 0 Å². The van der Waals surface area contributed by atoms with Crippen molar-refractivity contribution >= 4 is 81.1 Å². The number of aliphatic carboxylic acids is 1. The van der Waals surface area contributed by atoms with Gasteiger partial charge in [-0.3, -0.25) is 14.5 Å². The summed E-state index contributed by atoms with van der Waals surface area (Å²) in [6, 6.07) is -1.09. The van der Waals surface area contributed by atoms with E-state index in [0.717, 1.165) is 28.0 Å². The fraction of sp³-hybridized carbons (Fsp3) is 0.286. The Morgan fingerprint density at radius 1 is 1.35 bits per heavy atom. The predicted molar refractivity (Wildman–Crippen MR) is 109 cm³/mol. The van der Waals surface area contributed by atoms with Crippen LogP contribution in [0.5, 0.6) is 0 Å². The van der Waals surface area contributed by atoms with Crippen LogP contribution in [0, 0.1) is 0 Å². The number of oxime groups is 1. The number of thioether (sulfide) groups is 1. The average molecular weight is 512 g/mol. The van der Waals surface area contributed by atoms with Crippen LogP contribution < -0.4 is 11.1 Å². The summed E-state index contributed by atoms with van der Waals surface area (Å²) in [4.78, 5) is 56.3. The second-order valence-corrected chi connectivity index (χ2v) is 8.91. The third-order valence-electron chi connectivity index (χ3n) is 3.73. The van der Waals surface area contributed by atoms with Crippen LogP contribution in [0.2, 0.25) is 4.34 Å². The van der Waals surface area contributed by atoms with Crippen LogP contribution in [0.1, 0.15) is 5.69 Å². The molecule has 2 aliphatic heterocycles. The molecule has 1 unspecified atom stereocenters. The van der Waals surface area contributed by atoms with Crippen molar-refractivity contribution in [2.75, 3.05) is 18.1 Å². The van der Waals surface area contributed by atoms with Gasteiger partial charge in [0, 0.05) is 5.75 Å². The van der Waals surface area contributed by atoms with Gasteiger partial charge in [-0.25, -0.2) is 14.6 Å². The van der Waals surface area contributed by atoms with Crippen molar-refractivity contribution in [3.05, 3.63) is 20.9 Å². The molecule has 1 fully saturated rings. The van der Waals surface area contributed by atoms with Gasteiger partial charge in [0.1, 0.15) is 21.4 Å². The quantitative estimate of drug-likeness (QED) is 0.174. The number of ether oxygens (including phenoxy) is 1. The number of amides is 2. The fourth-order valence-electron chi connectivity index (χ4n) is 2.54. The number of carboxylic acid groups (broad SMARTS) is 2. The molecule has 0 aromatic carbocycles. The Morgan fingerprint density at radius 2 is 2.06 bits per heavy atom. The molecule has 31 heavy (non-hydrogen) atoms. The Labute approximate surface area is 190 Å². The van der Waals surface area contributed by atoms with E-state index in [2.05, 4.69) is 25.0 Å². The van der Waals surface area contributed by atoms with Crippen molar-refractivity contribution in [2.24, 2.45) is 5.16 Å². The summed E-state index contributed by atoms with van der Waals surface area (Å²) in [6.07, 6.45) is -1.65. The van der Waals surface area contributed by atoms with Crippen LogP contribution in [-0.2, 0) is 24.0 Å². The van der Waals surface area contributed by atoms with Crippen LogP contribution in [0.3, 0.4) is 0 Å². The molecule has 0 spiro atoms. The lowest BCUT2D eigenvalue weighted by molar-refractivity contribution is -0.148. The molecule has 2 aliphatic rings. The summed E-state index contributed by atoms with van der Waals surface area (Å²) in [7, 11) is 0. The third kappa shape index (κ3) is 4.79. The van der Waals surface area contributed by atoms with Gasteiger partial charge in [0.15, 0.2) is 10.8 Å². The van der Waals surface area contributed by atoms with Gasteiger partial charge < -0.3 is 30.8 Å². The number of nitrogens with two attached hydrogens (primary N) is 1. The number of hydrogen-bond acceptors (Lipinski definition) is 11. The minimum absolute atomic E-state index is 0.00853. The Bertz CT molecular complexity index is 1030. The summed E-state index contributed by atoms with van der Waals surface area (Å²) in [5.41, 5.74) is 4.91. The molecule has 2 atom stereocenters. The van der Waals surface area contributed by atoms with Gasteiger partial charge >= 0.3 is 12.1 Å². The number of β-lactam (4-membered cyclic amide) rings is 1. The molecule has 2 amide bonds. The molecule has 5 N–H and O–H groups in total. The third-order valence-corrected chi connectivity index (χ3v) is 6.55. The van der Waals surface area contributed by atoms with Crippen LogP contribution in [-0.4, -0.2) is 73.5 Å². The van der Waals surface area contributed by atoms with Gasteiger partial charge in [-0.05, 0) is 0 Å². The van der Waals surface area contributed by atoms with Crippen LogP contribution in [0.4, 0.5) is 9.93 Å². The van der Waals surface area contributed by atoms with E-state index in [1.807, 2.05) is 0 Å². The van der Waals surface area contributed by atoms with Gasteiger partial charge in [0.2, 0.25) is 12.5 Å². The minimum Gasteiger partial charge on any atom is -0.479 e. The maximum Gasteiger partial charge on any atom is 0.512 e. The van der Waals surface area contributed by atoms with Crippen LogP contribution >= 0.6 is 46.3 Å². The molecule has 0 radical (unpaired) electrons. The highest BCUT2D eigenvalue weighted by molar-refractivity contribution is 8.00. The number of aromatic nitrogens is 1. The number of nitrogen functional groups attached to an aromatic ring is 1. The number of fused-ring (bicyclic) bond motifs is 1. The number of nitrogens with one attached hydrogen (secondary N) is 1. The lowest BCUT2D eigenvalue weighted by Gasteiger charge is -2.48. The number of carbonyl (C=O) groups is 4. The van der Waals surface area contributed by atoms with E-state index in [1.165, 1.54) is 0 Å². The molecule has 0 bridgehead atoms. The number of carboxylic acids is 1. The van der Waals surface area contributed by atoms with Crippen molar-refractivity contribution in [3.63, 3.8) is 0 Å². The first-order valence-electron chi connectivity index (χ1n) is 7.99. The normalized spacial score (nSPS) is 20.6. The lowest BCUT2D eigenvalue weighted by atomic mass is 10.1. The Kier molecular flexibility index (Phi) is 6.78. The smallest absolute Gasteiger partial charge is 0.479 e. The summed E-state index contributed by atoms with van der Waals surface area (Å²) in [5, 5.41) is 22.7. The van der Waals surface area contributed by atoms with E-state index in [0.29, 0.717) is 0 Å². The number of anilines is 1. The van der Waals surface area contributed by atoms with Gasteiger partial charge in [0.25, 0.3) is 11.8 Å². The highest BCUT2D eigenvalue weighted by Gasteiger charge is 2.54. The Morgan fingerprint density at radius 3 is 2.65 bits per heavy atom. The van der Waals surface area contributed by atoms with E-state index in [-0.39, 0.29) is 31.8 Å². The first kappa shape index (κ1) is 22.9. The van der Waals surface area contributed by atoms with E-state index in [9.17, 15) is 19.2 Å². The molecule has 1 aromatic heterocycles. The van der Waals surface area contributed by atoms with E-state index in [1.54, 1.807) is 0 Å². The SMILES string of the molecule is Nc1nc(C(=NOCC(=O)O)C(=O)NC2C(=O)N3C(OC(=O)O)=C(Cl)CS[C@@H]23)c(Cl)s1. The van der Waals surface area contributed by atoms with E-state index >= 15 is 0 Å². The first-order valence-corrected chi connectivity index (χ1v) is 10.6. The second kappa shape index (κ2) is 9.17. The topological polar surface area (TPSA) is 194 Å². The van der Waals surface area contributed by atoms with Crippen molar-refractivity contribution < 1.29 is 39.0 Å². The molecule has 3 rings (SSSR count). The van der Waals surface area contributed by atoms with Crippen LogP contribution in [0.25, 0.3) is 0 Å². The van der Waals surface area contributed by atoms with E-state index in [4.69, 9.17) is 39.1 Å². The number of hydrogen-bond donors (Lipinski definition) is 4. The van der Waals surface area contributed by atoms with Gasteiger partial charge in [-0.1, -0.05) is 39.7 Å². The van der Waals surface area contributed by atoms with Gasteiger partial charge in [-0.15, -0.1) is 11.8 Å². The molecule has 1 aromatic rings. The molecule has 3 heterocycles. The Hall–Kier alpha value is -2.75. The van der Waals surface area contributed by atoms with Crippen molar-refractivity contribution in [2.45, 2.75) is 11.4 Å². The second-order valence-electron chi connectivity index (χ2n) is 5.72. The number of nitrogens with zero attached hydrogens (tertiary/aromatic N) is 3. The summed E-state index contributed by atoms with van der Waals surface area (Å²) in [5.74, 6) is -3.16. The highest BCUT2D eigenvalue weighted by atomic mass is 35.5. The largest absolute Gasteiger partial charge is 0.512 e. The van der Waals surface area contributed by atoms with E-state index < -0.39 is 47.7 Å². The molecular formula is C14H11Cl2N5O8S2. The molecule has 13 nitrogen and oxygen atoms in total. The fourth-order valence-corrected chi connectivity index (χ4v) is 4.95. The lowest BCUT2D eigenvalue weighted by Crippen LogP contribution is -2.70. The van der Waals surface area contributed by atoms with Crippen molar-refractivity contribution in [1.82, 2.24) is 15.2 Å². The molecule has 17 heteroatoms. The monoisotopic (exact) mass is 511 g/mol. The zero-order chi connectivity index (χ0) is 22.9. The molecule has 0 saturated carbocycles. The zero-order valence-corrected chi connectivity index (χ0v) is 18.0. The summed E-state index contributed by atoms with van der Waals surface area (Å²) < 4.78 is 4.57. The maximum absolute atomic E-state index is 12.8. The number of rotatable bonds is 7. The highest BCUT2D eigenvalue weighted by Crippen LogP contribution is 2.41. The molecule has 0 aliphatic carbocycles.